The summed E-state index contributed by atoms with van der Waals surface area (Å²) >= 11 is 0. The Bertz CT molecular complexity index is 509. The molecule has 0 aliphatic carbocycles. The van der Waals surface area contributed by atoms with Gasteiger partial charge in [0, 0.05) is 0 Å². The average Bonchev–Trinajstić information content (AvgIpc) is 2.76. The average molecular weight is 401 g/mol. The van der Waals surface area contributed by atoms with E-state index >= 15 is 0 Å². The molecule has 2 saturated heterocycles. The molecule has 0 aromatic carbocycles. The zero-order valence-electron chi connectivity index (χ0n) is 15.2. The molecule has 11 nitrogen and oxygen atoms in total. The van der Waals surface area contributed by atoms with Gasteiger partial charge in [-0.2, -0.15) is 0 Å². The van der Waals surface area contributed by atoms with Crippen molar-refractivity contribution in [2.45, 2.75) is 61.1 Å². The standard InChI is InChI=1S/C12H16B6O11/c13-25-6-4(2-20)23-12(10(29-17)8(6)27-15)24-11-9(28-16)7(26-14)5(18-21)3(1-19)22-11/h3-12,19-20H,1-2H2/t3-,4-,5-,6-,7+,8+,9-,10-,11-,12-/m1/s1. The van der Waals surface area contributed by atoms with Crippen LogP contribution >= 0.6 is 0 Å². The van der Waals surface area contributed by atoms with Gasteiger partial charge in [0.25, 0.3) is 0 Å². The van der Waals surface area contributed by atoms with Gasteiger partial charge in [-0.15, -0.1) is 0 Å². The van der Waals surface area contributed by atoms with Crippen LogP contribution in [0.3, 0.4) is 0 Å². The monoisotopic (exact) mass is 402 g/mol. The fourth-order valence-electron chi connectivity index (χ4n) is 3.41. The Kier molecular flexibility index (Phi) is 10.4. The van der Waals surface area contributed by atoms with Crippen molar-refractivity contribution in [3.8, 4) is 0 Å². The maximum atomic E-state index is 11.4. The summed E-state index contributed by atoms with van der Waals surface area (Å²) in [5.41, 5.74) is 0. The molecule has 10 radical (unpaired) electrons. The van der Waals surface area contributed by atoms with E-state index in [4.69, 9.17) is 77.7 Å². The maximum absolute atomic E-state index is 11.4. The normalized spacial score (nSPS) is 43.0. The second-order valence-corrected chi connectivity index (χ2v) is 6.30. The third-order valence-electron chi connectivity index (χ3n) is 4.87. The van der Waals surface area contributed by atoms with Crippen LogP contribution in [0.4, 0.5) is 0 Å². The minimum atomic E-state index is -1.38. The molecule has 10 atom stereocenters. The Balaban J connectivity index is 2.27. The van der Waals surface area contributed by atoms with Crippen molar-refractivity contribution >= 4 is 47.4 Å². The number of hydrogen-bond donors (Lipinski definition) is 2. The van der Waals surface area contributed by atoms with Crippen molar-refractivity contribution in [1.82, 2.24) is 0 Å². The predicted octanol–water partition coefficient (Wildman–Crippen LogP) is -4.38. The number of rotatable bonds is 10. The van der Waals surface area contributed by atoms with Crippen molar-refractivity contribution in [3.05, 3.63) is 0 Å². The summed E-state index contributed by atoms with van der Waals surface area (Å²) in [6.45, 7) is -1.12. The van der Waals surface area contributed by atoms with Crippen LogP contribution in [-0.2, 0) is 42.2 Å². The number of aliphatic hydroxyl groups excluding tert-OH is 2. The molecule has 0 saturated carbocycles. The molecule has 0 amide bonds. The molecule has 0 spiro atoms. The van der Waals surface area contributed by atoms with Gasteiger partial charge in [-0.3, -0.25) is 0 Å². The Morgan fingerprint density at radius 1 is 0.690 bits per heavy atom. The summed E-state index contributed by atoms with van der Waals surface area (Å²) in [5, 5.41) is 19.1. The molecule has 0 aromatic rings. The SMILES string of the molecule is [B]O[C@@H]1[C@@H](O[B])[C@@H](O[C@H]2O[C@H](CO)[C@@H](B=O)[C@H](O[B])[C@H]2O[B])O[C@H](CO)[C@H]1O[B]. The first-order chi connectivity index (χ1) is 14.0. The first-order valence-electron chi connectivity index (χ1n) is 8.46. The van der Waals surface area contributed by atoms with Crippen molar-refractivity contribution in [2.75, 3.05) is 13.2 Å². The first kappa shape index (κ1) is 25.1. The van der Waals surface area contributed by atoms with Crippen LogP contribution in [0.25, 0.3) is 0 Å². The van der Waals surface area contributed by atoms with Gasteiger partial charge < -0.3 is 0 Å². The summed E-state index contributed by atoms with van der Waals surface area (Å²) in [6, 6.07) is 0. The van der Waals surface area contributed by atoms with E-state index in [0.717, 1.165) is 0 Å². The summed E-state index contributed by atoms with van der Waals surface area (Å²) in [5.74, 6) is -1.01. The van der Waals surface area contributed by atoms with E-state index in [0.29, 0.717) is 7.15 Å². The van der Waals surface area contributed by atoms with E-state index in [-0.39, 0.29) is 0 Å². The van der Waals surface area contributed by atoms with Gasteiger partial charge in [0.15, 0.2) is 0 Å². The predicted molar refractivity (Wildman–Crippen MR) is 95.9 cm³/mol. The van der Waals surface area contributed by atoms with Crippen LogP contribution in [0.5, 0.6) is 0 Å². The van der Waals surface area contributed by atoms with Crippen LogP contribution in [-0.4, -0.2) is 126 Å². The Labute approximate surface area is 174 Å². The zero-order valence-corrected chi connectivity index (χ0v) is 15.2. The number of aliphatic hydroxyl groups is 2. The zero-order chi connectivity index (χ0) is 21.6. The van der Waals surface area contributed by atoms with Crippen molar-refractivity contribution in [1.29, 1.82) is 0 Å². The fourth-order valence-corrected chi connectivity index (χ4v) is 3.41. The molecule has 2 N–H and O–H groups in total. The van der Waals surface area contributed by atoms with E-state index in [1.165, 1.54) is 0 Å². The Morgan fingerprint density at radius 3 is 1.55 bits per heavy atom. The van der Waals surface area contributed by atoms with Gasteiger partial charge in [-0.1, -0.05) is 0 Å². The molecule has 29 heavy (non-hydrogen) atoms. The molecular formula is C12H16B6O11. The quantitative estimate of drug-likeness (QED) is 0.344. The molecule has 0 bridgehead atoms. The molecule has 2 fully saturated rings. The molecular weight excluding hydrogens is 385 g/mol. The van der Waals surface area contributed by atoms with E-state index in [2.05, 4.69) is 0 Å². The molecule has 2 aliphatic heterocycles. The summed E-state index contributed by atoms with van der Waals surface area (Å²) in [7, 11) is 26.8. The van der Waals surface area contributed by atoms with Gasteiger partial charge in [0.1, 0.15) is 0 Å². The molecule has 0 aromatic heterocycles. The molecule has 2 rings (SSSR count). The fraction of sp³-hybridized carbons (Fsp3) is 1.00. The van der Waals surface area contributed by atoms with E-state index in [1.54, 1.807) is 0 Å². The molecule has 2 heterocycles. The first-order valence-corrected chi connectivity index (χ1v) is 8.46. The van der Waals surface area contributed by atoms with Gasteiger partial charge in [0.2, 0.25) is 0 Å². The third-order valence-corrected chi connectivity index (χ3v) is 4.87. The minimum absolute atomic E-state index is 0.479. The van der Waals surface area contributed by atoms with Crippen LogP contribution in [0.15, 0.2) is 0 Å². The number of hydrogen-bond acceptors (Lipinski definition) is 11. The van der Waals surface area contributed by atoms with Crippen LogP contribution in [0.2, 0.25) is 5.82 Å². The van der Waals surface area contributed by atoms with Crippen LogP contribution in [0, 0.1) is 0 Å². The Morgan fingerprint density at radius 2 is 1.14 bits per heavy atom. The van der Waals surface area contributed by atoms with Gasteiger partial charge in [0.05, 0.1) is 0 Å². The Hall–Kier alpha value is -0.210. The van der Waals surface area contributed by atoms with Gasteiger partial charge in [-0.05, 0) is 0 Å². The van der Waals surface area contributed by atoms with Crippen LogP contribution in [0.1, 0.15) is 0 Å². The van der Waals surface area contributed by atoms with Crippen molar-refractivity contribution in [2.24, 2.45) is 0 Å². The van der Waals surface area contributed by atoms with Crippen molar-refractivity contribution < 1.29 is 52.4 Å². The molecule has 17 heteroatoms. The number of ether oxygens (including phenoxy) is 3. The van der Waals surface area contributed by atoms with Gasteiger partial charge >= 0.3 is 174 Å². The van der Waals surface area contributed by atoms with E-state index in [9.17, 15) is 14.9 Å². The van der Waals surface area contributed by atoms with E-state index < -0.39 is 74.3 Å². The topological polar surface area (TPSA) is 131 Å². The summed E-state index contributed by atoms with van der Waals surface area (Å²) in [4.78, 5) is 0. The second-order valence-electron chi connectivity index (χ2n) is 6.30. The summed E-state index contributed by atoms with van der Waals surface area (Å²) < 4.78 is 52.2. The molecule has 0 unspecified atom stereocenters. The van der Waals surface area contributed by atoms with E-state index in [1.807, 2.05) is 0 Å². The molecule has 2 aliphatic rings. The van der Waals surface area contributed by atoms with Gasteiger partial charge in [-0.25, -0.2) is 0 Å². The third kappa shape index (κ3) is 5.17. The molecule has 148 valence electrons. The van der Waals surface area contributed by atoms with Crippen LogP contribution < -0.4 is 0 Å². The summed E-state index contributed by atoms with van der Waals surface area (Å²) in [6.07, 6.45) is -10.6. The van der Waals surface area contributed by atoms with Crippen molar-refractivity contribution in [3.63, 3.8) is 0 Å². The second kappa shape index (κ2) is 12.0.